The van der Waals surface area contributed by atoms with Gasteiger partial charge in [0.2, 0.25) is 17.7 Å². The number of hydrogen-bond donors (Lipinski definition) is 1. The summed E-state index contributed by atoms with van der Waals surface area (Å²) in [6, 6.07) is 0.0909. The van der Waals surface area contributed by atoms with Gasteiger partial charge in [-0.15, -0.1) is 12.4 Å². The van der Waals surface area contributed by atoms with E-state index in [1.165, 1.54) is 4.90 Å². The van der Waals surface area contributed by atoms with Crippen molar-refractivity contribution in [3.63, 3.8) is 0 Å². The van der Waals surface area contributed by atoms with Crippen molar-refractivity contribution in [1.82, 2.24) is 9.80 Å². The third-order valence-corrected chi connectivity index (χ3v) is 6.59. The van der Waals surface area contributed by atoms with Gasteiger partial charge in [0.1, 0.15) is 0 Å². The van der Waals surface area contributed by atoms with E-state index < -0.39 is 0 Å². The highest BCUT2D eigenvalue weighted by molar-refractivity contribution is 6.06. The third-order valence-electron chi connectivity index (χ3n) is 6.59. The van der Waals surface area contributed by atoms with Crippen LogP contribution in [0.5, 0.6) is 0 Å². The number of likely N-dealkylation sites (tertiary alicyclic amines) is 2. The first-order valence-electron chi connectivity index (χ1n) is 9.33. The van der Waals surface area contributed by atoms with Gasteiger partial charge in [-0.1, -0.05) is 13.8 Å². The normalized spacial score (nSPS) is 37.7. The SMILES string of the molecule is CC1(C)CN(C(=O)CCN2C(=O)C3C4CCC(O4)C3C2=O)CCC1N.Cl. The van der Waals surface area contributed by atoms with Crippen LogP contribution in [0.1, 0.15) is 39.5 Å². The molecule has 0 spiro atoms. The summed E-state index contributed by atoms with van der Waals surface area (Å²) >= 11 is 0. The number of ether oxygens (including phenoxy) is 1. The van der Waals surface area contributed by atoms with E-state index in [4.69, 9.17) is 10.5 Å². The zero-order valence-corrected chi connectivity index (χ0v) is 16.2. The van der Waals surface area contributed by atoms with Crippen molar-refractivity contribution in [2.75, 3.05) is 19.6 Å². The lowest BCUT2D eigenvalue weighted by atomic mass is 9.79. The summed E-state index contributed by atoms with van der Waals surface area (Å²) in [4.78, 5) is 40.9. The van der Waals surface area contributed by atoms with Gasteiger partial charge in [-0.05, 0) is 24.7 Å². The Morgan fingerprint density at radius 1 is 1.15 bits per heavy atom. The molecular formula is C18H28ClN3O4. The summed E-state index contributed by atoms with van der Waals surface area (Å²) in [5.41, 5.74) is 6.01. The molecule has 0 radical (unpaired) electrons. The van der Waals surface area contributed by atoms with Crippen LogP contribution in [0.2, 0.25) is 0 Å². The fourth-order valence-corrected chi connectivity index (χ4v) is 4.95. The highest BCUT2D eigenvalue weighted by atomic mass is 35.5. The van der Waals surface area contributed by atoms with Crippen LogP contribution in [0.3, 0.4) is 0 Å². The molecule has 5 atom stereocenters. The molecule has 5 unspecified atom stereocenters. The summed E-state index contributed by atoms with van der Waals surface area (Å²) in [6.45, 7) is 5.60. The standard InChI is InChI=1S/C18H27N3O4.ClH/c1-18(2)9-20(7-5-12(18)19)13(22)6-8-21-16(23)14-10-3-4-11(25-10)15(14)17(21)24;/h10-12,14-15H,3-9,19H2,1-2H3;1H. The van der Waals surface area contributed by atoms with E-state index in [0.717, 1.165) is 19.3 Å². The molecule has 3 amide bonds. The van der Waals surface area contributed by atoms with Gasteiger partial charge in [0.05, 0.1) is 24.0 Å². The average molecular weight is 386 g/mol. The first-order chi connectivity index (χ1) is 11.8. The molecular weight excluding hydrogens is 358 g/mol. The second kappa shape index (κ2) is 6.77. The third kappa shape index (κ3) is 2.94. The van der Waals surface area contributed by atoms with Crippen LogP contribution in [0, 0.1) is 17.3 Å². The molecule has 7 nitrogen and oxygen atoms in total. The van der Waals surface area contributed by atoms with E-state index in [1.54, 1.807) is 0 Å². The summed E-state index contributed by atoms with van der Waals surface area (Å²) in [6.07, 6.45) is 2.50. The molecule has 0 aromatic heterocycles. The quantitative estimate of drug-likeness (QED) is 0.716. The number of halogens is 1. The smallest absolute Gasteiger partial charge is 0.235 e. The second-order valence-electron chi connectivity index (χ2n) is 8.62. The Balaban J connectivity index is 0.00000196. The van der Waals surface area contributed by atoms with Crippen LogP contribution in [0.25, 0.3) is 0 Å². The Kier molecular flexibility index (Phi) is 5.09. The maximum atomic E-state index is 12.6. The maximum Gasteiger partial charge on any atom is 0.235 e. The van der Waals surface area contributed by atoms with Crippen LogP contribution in [0.15, 0.2) is 0 Å². The number of carbonyl (C=O) groups is 3. The van der Waals surface area contributed by atoms with Crippen molar-refractivity contribution in [3.05, 3.63) is 0 Å². The topological polar surface area (TPSA) is 92.9 Å². The molecule has 0 aromatic rings. The summed E-state index contributed by atoms with van der Waals surface area (Å²) < 4.78 is 5.73. The van der Waals surface area contributed by atoms with Crippen molar-refractivity contribution in [2.24, 2.45) is 23.0 Å². The molecule has 4 aliphatic rings. The van der Waals surface area contributed by atoms with Gasteiger partial charge in [0.15, 0.2) is 0 Å². The highest BCUT2D eigenvalue weighted by Gasteiger charge is 2.62. The molecule has 2 N–H and O–H groups in total. The number of carbonyl (C=O) groups excluding carboxylic acids is 3. The van der Waals surface area contributed by atoms with Gasteiger partial charge in [-0.2, -0.15) is 0 Å². The molecule has 4 heterocycles. The second-order valence-corrected chi connectivity index (χ2v) is 8.62. The zero-order chi connectivity index (χ0) is 17.9. The average Bonchev–Trinajstić information content (AvgIpc) is 3.23. The Morgan fingerprint density at radius 2 is 1.73 bits per heavy atom. The van der Waals surface area contributed by atoms with Gasteiger partial charge < -0.3 is 15.4 Å². The van der Waals surface area contributed by atoms with E-state index in [9.17, 15) is 14.4 Å². The summed E-state index contributed by atoms with van der Waals surface area (Å²) in [5.74, 6) is -0.912. The monoisotopic (exact) mass is 385 g/mol. The molecule has 146 valence electrons. The Hall–Kier alpha value is -1.18. The van der Waals surface area contributed by atoms with Gasteiger partial charge in [-0.3, -0.25) is 19.3 Å². The van der Waals surface area contributed by atoms with Crippen molar-refractivity contribution < 1.29 is 19.1 Å². The lowest BCUT2D eigenvalue weighted by molar-refractivity contribution is -0.143. The van der Waals surface area contributed by atoms with E-state index >= 15 is 0 Å². The van der Waals surface area contributed by atoms with Crippen molar-refractivity contribution >= 4 is 30.1 Å². The lowest BCUT2D eigenvalue weighted by Crippen LogP contribution is -2.54. The predicted octanol–water partition coefficient (Wildman–Crippen LogP) is 0.547. The van der Waals surface area contributed by atoms with Crippen LogP contribution in [0.4, 0.5) is 0 Å². The molecule has 4 rings (SSSR count). The number of imide groups is 1. The minimum atomic E-state index is -0.312. The van der Waals surface area contributed by atoms with Gasteiger partial charge in [-0.25, -0.2) is 0 Å². The van der Waals surface area contributed by atoms with Crippen molar-refractivity contribution in [3.8, 4) is 0 Å². The Bertz CT molecular complexity index is 598. The number of hydrogen-bond acceptors (Lipinski definition) is 5. The summed E-state index contributed by atoms with van der Waals surface area (Å²) in [7, 11) is 0. The number of amides is 3. The molecule has 4 aliphatic heterocycles. The van der Waals surface area contributed by atoms with Crippen LogP contribution in [-0.4, -0.2) is 65.4 Å². The molecule has 4 fully saturated rings. The number of nitrogens with two attached hydrogens (primary N) is 1. The van der Waals surface area contributed by atoms with Gasteiger partial charge >= 0.3 is 0 Å². The fourth-order valence-electron chi connectivity index (χ4n) is 4.95. The predicted molar refractivity (Wildman–Crippen MR) is 96.4 cm³/mol. The minimum Gasteiger partial charge on any atom is -0.373 e. The highest BCUT2D eigenvalue weighted by Crippen LogP contribution is 2.48. The maximum absolute atomic E-state index is 12.6. The van der Waals surface area contributed by atoms with Crippen molar-refractivity contribution in [2.45, 2.75) is 57.8 Å². The molecule has 0 aromatic carbocycles. The zero-order valence-electron chi connectivity index (χ0n) is 15.3. The molecule has 8 heteroatoms. The van der Waals surface area contributed by atoms with Crippen LogP contribution < -0.4 is 5.73 Å². The number of nitrogens with zero attached hydrogens (tertiary/aromatic N) is 2. The molecule has 2 bridgehead atoms. The van der Waals surface area contributed by atoms with E-state index in [-0.39, 0.29) is 78.6 Å². The number of rotatable bonds is 3. The van der Waals surface area contributed by atoms with Crippen LogP contribution in [-0.2, 0) is 19.1 Å². The largest absolute Gasteiger partial charge is 0.373 e. The summed E-state index contributed by atoms with van der Waals surface area (Å²) in [5, 5.41) is 0. The first kappa shape index (κ1) is 19.6. The van der Waals surface area contributed by atoms with E-state index in [1.807, 2.05) is 4.90 Å². The van der Waals surface area contributed by atoms with Gasteiger partial charge in [0, 0.05) is 32.1 Å². The first-order valence-corrected chi connectivity index (χ1v) is 9.33. The molecule has 4 saturated heterocycles. The number of fused-ring (bicyclic) bond motifs is 5. The Labute approximate surface area is 160 Å². The fraction of sp³-hybridized carbons (Fsp3) is 0.833. The lowest BCUT2D eigenvalue weighted by Gasteiger charge is -2.42. The Morgan fingerprint density at radius 3 is 2.27 bits per heavy atom. The molecule has 26 heavy (non-hydrogen) atoms. The minimum absolute atomic E-state index is 0. The van der Waals surface area contributed by atoms with E-state index in [2.05, 4.69) is 13.8 Å². The van der Waals surface area contributed by atoms with Crippen LogP contribution >= 0.6 is 12.4 Å². The van der Waals surface area contributed by atoms with Crippen molar-refractivity contribution in [1.29, 1.82) is 0 Å². The molecule has 0 aliphatic carbocycles. The van der Waals surface area contributed by atoms with E-state index in [0.29, 0.717) is 13.1 Å². The number of piperidine rings is 1. The van der Waals surface area contributed by atoms with Gasteiger partial charge in [0.25, 0.3) is 0 Å². The molecule has 0 saturated carbocycles.